The van der Waals surface area contributed by atoms with Gasteiger partial charge in [0, 0.05) is 18.4 Å². The molecule has 0 radical (unpaired) electrons. The fourth-order valence-electron chi connectivity index (χ4n) is 10.4. The second kappa shape index (κ2) is 32.6. The molecule has 1 atom stereocenters. The van der Waals surface area contributed by atoms with Gasteiger partial charge in [0.1, 0.15) is 5.78 Å². The third-order valence-corrected chi connectivity index (χ3v) is 14.2. The predicted molar refractivity (Wildman–Crippen MR) is 244 cm³/mol. The Morgan fingerprint density at radius 1 is 0.519 bits per heavy atom. The van der Waals surface area contributed by atoms with Crippen molar-refractivity contribution in [2.75, 3.05) is 20.1 Å². The molecule has 2 heteroatoms. The molecule has 1 saturated heterocycles. The van der Waals surface area contributed by atoms with Gasteiger partial charge in [0.15, 0.2) is 0 Å². The van der Waals surface area contributed by atoms with Gasteiger partial charge in [-0.2, -0.15) is 0 Å². The summed E-state index contributed by atoms with van der Waals surface area (Å²) in [6.45, 7) is 21.3. The third-order valence-electron chi connectivity index (χ3n) is 14.2. The van der Waals surface area contributed by atoms with Crippen LogP contribution in [0.5, 0.6) is 0 Å². The minimum Gasteiger partial charge on any atom is -0.306 e. The second-order valence-electron chi connectivity index (χ2n) is 20.5. The van der Waals surface area contributed by atoms with E-state index in [2.05, 4.69) is 67.3 Å². The number of hydrogen-bond acceptors (Lipinski definition) is 2. The maximum atomic E-state index is 14.1. The van der Waals surface area contributed by atoms with Gasteiger partial charge in [-0.05, 0) is 61.9 Å². The van der Waals surface area contributed by atoms with Gasteiger partial charge in [0.25, 0.3) is 0 Å². The largest absolute Gasteiger partial charge is 0.306 e. The fraction of sp³-hybridized carbons (Fsp3) is 0.981. The maximum Gasteiger partial charge on any atom is 0.138 e. The summed E-state index contributed by atoms with van der Waals surface area (Å²) in [5.41, 5.74) is -0.0167. The van der Waals surface area contributed by atoms with Gasteiger partial charge in [-0.15, -0.1) is 0 Å². The Kier molecular flexibility index (Phi) is 31.2. The van der Waals surface area contributed by atoms with E-state index in [1.165, 1.54) is 219 Å². The van der Waals surface area contributed by atoms with Crippen LogP contribution in [0.15, 0.2) is 0 Å². The van der Waals surface area contributed by atoms with Crippen molar-refractivity contribution in [3.63, 3.8) is 0 Å². The lowest BCUT2D eigenvalue weighted by atomic mass is 9.64. The molecule has 1 rings (SSSR count). The molecular formula is C52H103NO. The highest BCUT2D eigenvalue weighted by molar-refractivity contribution is 5.84. The van der Waals surface area contributed by atoms with Crippen LogP contribution < -0.4 is 0 Å². The molecular weight excluding hydrogens is 655 g/mol. The molecule has 1 aliphatic heterocycles. The number of rotatable bonds is 38. The van der Waals surface area contributed by atoms with Gasteiger partial charge in [-0.25, -0.2) is 0 Å². The van der Waals surface area contributed by atoms with Crippen LogP contribution in [-0.4, -0.2) is 30.8 Å². The van der Waals surface area contributed by atoms with Gasteiger partial charge in [0.05, 0.1) is 0 Å². The number of Topliss-reactive ketones (excluding diaryl/α,β-unsaturated/α-hetero) is 1. The van der Waals surface area contributed by atoms with E-state index in [4.69, 9.17) is 0 Å². The smallest absolute Gasteiger partial charge is 0.138 e. The van der Waals surface area contributed by atoms with E-state index in [0.29, 0.717) is 17.6 Å². The molecule has 0 saturated carbocycles. The van der Waals surface area contributed by atoms with Gasteiger partial charge in [-0.3, -0.25) is 4.79 Å². The number of unbranched alkanes of at least 4 members (excludes halogenated alkanes) is 16. The van der Waals surface area contributed by atoms with Crippen LogP contribution in [0, 0.1) is 34.5 Å². The Labute approximate surface area is 342 Å². The molecule has 0 N–H and O–H groups in total. The zero-order chi connectivity index (χ0) is 39.9. The van der Waals surface area contributed by atoms with Crippen LogP contribution in [0.1, 0.15) is 274 Å². The minimum atomic E-state index is -0.226. The normalized spacial score (nSPS) is 16.0. The van der Waals surface area contributed by atoms with Crippen LogP contribution in [0.3, 0.4) is 0 Å². The van der Waals surface area contributed by atoms with Gasteiger partial charge in [-0.1, -0.05) is 248 Å². The molecule has 1 fully saturated rings. The van der Waals surface area contributed by atoms with E-state index in [-0.39, 0.29) is 10.8 Å². The molecule has 0 aromatic rings. The van der Waals surface area contributed by atoms with Crippen LogP contribution in [0.2, 0.25) is 0 Å². The summed E-state index contributed by atoms with van der Waals surface area (Å²) in [5.74, 6) is 3.82. The molecule has 322 valence electrons. The first kappa shape index (κ1) is 51.6. The highest BCUT2D eigenvalue weighted by Crippen LogP contribution is 2.44. The summed E-state index contributed by atoms with van der Waals surface area (Å²) in [7, 11) is 2.28. The maximum absolute atomic E-state index is 14.1. The average Bonchev–Trinajstić information content (AvgIpc) is 3.14. The Hall–Kier alpha value is -0.370. The summed E-state index contributed by atoms with van der Waals surface area (Å²) < 4.78 is 0. The number of likely N-dealkylation sites (tertiary alicyclic amines) is 1. The van der Waals surface area contributed by atoms with Crippen molar-refractivity contribution < 1.29 is 4.79 Å². The van der Waals surface area contributed by atoms with Crippen molar-refractivity contribution in [3.05, 3.63) is 0 Å². The summed E-state index contributed by atoms with van der Waals surface area (Å²) in [4.78, 5) is 16.6. The Bertz CT molecular complexity index is 791. The van der Waals surface area contributed by atoms with E-state index in [1.54, 1.807) is 0 Å². The molecule has 54 heavy (non-hydrogen) atoms. The minimum absolute atomic E-state index is 0.210. The van der Waals surface area contributed by atoms with Gasteiger partial charge < -0.3 is 4.90 Å². The summed E-state index contributed by atoms with van der Waals surface area (Å²) in [6.07, 6.45) is 46.5. The second-order valence-corrected chi connectivity index (χ2v) is 20.5. The first-order valence-electron chi connectivity index (χ1n) is 25.2. The number of ketones is 1. The third kappa shape index (κ3) is 25.8. The highest BCUT2D eigenvalue weighted by atomic mass is 16.1. The van der Waals surface area contributed by atoms with E-state index in [1.807, 2.05) is 0 Å². The molecule has 1 heterocycles. The number of nitrogens with zero attached hydrogens (tertiary/aromatic N) is 1. The summed E-state index contributed by atoms with van der Waals surface area (Å²) >= 11 is 0. The molecule has 0 bridgehead atoms. The molecule has 1 unspecified atom stereocenters. The monoisotopic (exact) mass is 758 g/mol. The van der Waals surface area contributed by atoms with E-state index >= 15 is 0 Å². The van der Waals surface area contributed by atoms with Crippen molar-refractivity contribution in [2.24, 2.45) is 34.5 Å². The quantitative estimate of drug-likeness (QED) is 0.0585. The molecule has 0 aromatic carbocycles. The highest BCUT2D eigenvalue weighted by Gasteiger charge is 2.40. The fourth-order valence-corrected chi connectivity index (χ4v) is 10.4. The molecule has 1 aliphatic rings. The molecule has 0 aromatic heterocycles. The van der Waals surface area contributed by atoms with E-state index in [9.17, 15) is 4.79 Å². The Balaban J connectivity index is 2.53. The van der Waals surface area contributed by atoms with Gasteiger partial charge in [0.2, 0.25) is 0 Å². The standard InChI is InChI=1S/C52H103NO/c1-10-14-33-46(34-15-11-2)37-28-24-20-18-22-26-30-39-48(40-31-27-23-19-21-25-29-38-47(35-16-12-3)36-17-13-4)43-50(54)52(7,8)45-51(5,6)49-41-32-42-53(9)44-49/h46-49H,10-45H2,1-9H3. The van der Waals surface area contributed by atoms with Crippen LogP contribution in [-0.2, 0) is 4.79 Å². The molecule has 2 nitrogen and oxygen atoms in total. The van der Waals surface area contributed by atoms with Crippen LogP contribution in [0.25, 0.3) is 0 Å². The SMILES string of the molecule is CCCCC(CCCC)CCCCCCCCCC(CCCCCCCCCC(CCCC)CCCC)CC(=O)C(C)(C)CC(C)(C)C1CCCN(C)C1. The lowest BCUT2D eigenvalue weighted by Crippen LogP contribution is -2.42. The average molecular weight is 758 g/mol. The topological polar surface area (TPSA) is 20.3 Å². The molecule has 0 amide bonds. The summed E-state index contributed by atoms with van der Waals surface area (Å²) in [6, 6.07) is 0. The van der Waals surface area contributed by atoms with Crippen molar-refractivity contribution >= 4 is 5.78 Å². The van der Waals surface area contributed by atoms with Gasteiger partial charge >= 0.3 is 0 Å². The van der Waals surface area contributed by atoms with Crippen molar-refractivity contribution in [1.29, 1.82) is 0 Å². The van der Waals surface area contributed by atoms with Crippen LogP contribution >= 0.6 is 0 Å². The zero-order valence-corrected chi connectivity index (χ0v) is 39.1. The van der Waals surface area contributed by atoms with Crippen molar-refractivity contribution in [1.82, 2.24) is 4.90 Å². The number of piperidine rings is 1. The number of carbonyl (C=O) groups excluding carboxylic acids is 1. The number of hydrogen-bond donors (Lipinski definition) is 0. The lowest BCUT2D eigenvalue weighted by molar-refractivity contribution is -0.130. The summed E-state index contributed by atoms with van der Waals surface area (Å²) in [5, 5.41) is 0. The van der Waals surface area contributed by atoms with E-state index < -0.39 is 0 Å². The number of carbonyl (C=O) groups is 1. The predicted octanol–water partition coefficient (Wildman–Crippen LogP) is 17.4. The zero-order valence-electron chi connectivity index (χ0n) is 39.1. The Morgan fingerprint density at radius 3 is 1.20 bits per heavy atom. The first-order valence-corrected chi connectivity index (χ1v) is 25.2. The Morgan fingerprint density at radius 2 is 0.852 bits per heavy atom. The molecule has 0 aliphatic carbocycles. The van der Waals surface area contributed by atoms with Crippen molar-refractivity contribution in [2.45, 2.75) is 274 Å². The van der Waals surface area contributed by atoms with E-state index in [0.717, 1.165) is 24.7 Å². The lowest BCUT2D eigenvalue weighted by Gasteiger charge is -2.44. The molecule has 0 spiro atoms. The van der Waals surface area contributed by atoms with Crippen LogP contribution in [0.4, 0.5) is 0 Å². The van der Waals surface area contributed by atoms with Crippen molar-refractivity contribution in [3.8, 4) is 0 Å². The first-order chi connectivity index (χ1) is 26.0.